The zero-order valence-corrected chi connectivity index (χ0v) is 15.4. The average Bonchev–Trinajstić information content (AvgIpc) is 2.96. The van der Waals surface area contributed by atoms with E-state index >= 15 is 0 Å². The lowest BCUT2D eigenvalue weighted by molar-refractivity contribution is -0.400. The maximum atomic E-state index is 12.3. The maximum Gasteiger partial charge on any atom is 0.313 e. The van der Waals surface area contributed by atoms with E-state index in [9.17, 15) is 24.5 Å². The van der Waals surface area contributed by atoms with Crippen molar-refractivity contribution in [3.05, 3.63) is 75.5 Å². The third-order valence-corrected chi connectivity index (χ3v) is 4.22. The zero-order valence-electron chi connectivity index (χ0n) is 15.4. The Morgan fingerprint density at radius 2 is 1.76 bits per heavy atom. The first-order chi connectivity index (χ1) is 13.9. The molecule has 0 saturated carbocycles. The first-order valence-electron chi connectivity index (χ1n) is 8.56. The molecule has 9 heteroatoms. The summed E-state index contributed by atoms with van der Waals surface area (Å²) in [4.78, 5) is 47.6. The lowest BCUT2D eigenvalue weighted by Gasteiger charge is -2.14. The molecule has 2 amide bonds. The highest BCUT2D eigenvalue weighted by Crippen LogP contribution is 2.29. The van der Waals surface area contributed by atoms with Crippen molar-refractivity contribution in [3.8, 4) is 11.5 Å². The van der Waals surface area contributed by atoms with E-state index < -0.39 is 22.7 Å². The largest absolute Gasteiger partial charge is 0.493 e. The van der Waals surface area contributed by atoms with Gasteiger partial charge in [0.25, 0.3) is 11.8 Å². The van der Waals surface area contributed by atoms with Crippen molar-refractivity contribution >= 4 is 23.9 Å². The van der Waals surface area contributed by atoms with E-state index in [-0.39, 0.29) is 24.5 Å². The number of methoxy groups -OCH3 is 1. The molecular weight excluding hydrogens is 380 g/mol. The molecule has 3 rings (SSSR count). The predicted octanol–water partition coefficient (Wildman–Crippen LogP) is 2.53. The van der Waals surface area contributed by atoms with Gasteiger partial charge in [-0.2, -0.15) is 0 Å². The summed E-state index contributed by atoms with van der Waals surface area (Å²) >= 11 is 0. The maximum absolute atomic E-state index is 12.3. The van der Waals surface area contributed by atoms with Crippen LogP contribution in [0.1, 0.15) is 32.7 Å². The number of nitrogens with zero attached hydrogens (tertiary/aromatic N) is 2. The Balaban J connectivity index is 1.64. The number of benzene rings is 2. The van der Waals surface area contributed by atoms with Gasteiger partial charge in [0.1, 0.15) is 0 Å². The molecule has 2 aromatic rings. The third kappa shape index (κ3) is 4.29. The minimum Gasteiger partial charge on any atom is -0.493 e. The number of hydrogen-bond donors (Lipinski definition) is 0. The highest BCUT2D eigenvalue weighted by atomic mass is 16.6. The second kappa shape index (κ2) is 8.34. The van der Waals surface area contributed by atoms with Crippen molar-refractivity contribution in [3.63, 3.8) is 0 Å². The molecule has 1 aliphatic heterocycles. The SMILES string of the molecule is COc1cc(C=C[N+](=O)[O-])ccc1OC(=O)CCN1C(=O)c2ccccc2C1=O. The Morgan fingerprint density at radius 1 is 1.10 bits per heavy atom. The van der Waals surface area contributed by atoms with Crippen molar-refractivity contribution in [1.29, 1.82) is 0 Å². The molecule has 0 aliphatic carbocycles. The van der Waals surface area contributed by atoms with Crippen molar-refractivity contribution < 1.29 is 28.8 Å². The normalized spacial score (nSPS) is 12.9. The van der Waals surface area contributed by atoms with Crippen LogP contribution in [0, 0.1) is 10.1 Å². The van der Waals surface area contributed by atoms with E-state index in [4.69, 9.17) is 9.47 Å². The van der Waals surface area contributed by atoms with Gasteiger partial charge in [-0.25, -0.2) is 0 Å². The fourth-order valence-corrected chi connectivity index (χ4v) is 2.84. The summed E-state index contributed by atoms with van der Waals surface area (Å²) in [6.45, 7) is -0.114. The molecule has 0 unspecified atom stereocenters. The number of imide groups is 1. The predicted molar refractivity (Wildman–Crippen MR) is 101 cm³/mol. The van der Waals surface area contributed by atoms with Crippen LogP contribution in [-0.4, -0.2) is 41.3 Å². The monoisotopic (exact) mass is 396 g/mol. The second-order valence-corrected chi connectivity index (χ2v) is 6.04. The smallest absolute Gasteiger partial charge is 0.313 e. The van der Waals surface area contributed by atoms with Crippen molar-refractivity contribution in [2.75, 3.05) is 13.7 Å². The minimum atomic E-state index is -0.659. The lowest BCUT2D eigenvalue weighted by Crippen LogP contribution is -2.32. The summed E-state index contributed by atoms with van der Waals surface area (Å²) in [6, 6.07) is 10.9. The van der Waals surface area contributed by atoms with Crippen LogP contribution in [0.3, 0.4) is 0 Å². The van der Waals surface area contributed by atoms with Gasteiger partial charge in [-0.3, -0.25) is 29.4 Å². The number of ether oxygens (including phenoxy) is 2. The van der Waals surface area contributed by atoms with E-state index in [1.807, 2.05) is 0 Å². The molecule has 0 N–H and O–H groups in total. The van der Waals surface area contributed by atoms with Crippen molar-refractivity contribution in [2.24, 2.45) is 0 Å². The fourth-order valence-electron chi connectivity index (χ4n) is 2.84. The van der Waals surface area contributed by atoms with Gasteiger partial charge in [-0.15, -0.1) is 0 Å². The van der Waals surface area contributed by atoms with Crippen LogP contribution in [0.2, 0.25) is 0 Å². The number of nitro groups is 1. The Labute approximate surface area is 165 Å². The van der Waals surface area contributed by atoms with E-state index in [1.165, 1.54) is 31.4 Å². The third-order valence-electron chi connectivity index (χ3n) is 4.22. The van der Waals surface area contributed by atoms with Gasteiger partial charge in [-0.1, -0.05) is 18.2 Å². The summed E-state index contributed by atoms with van der Waals surface area (Å²) in [6.07, 6.45) is 1.86. The number of hydrogen-bond acceptors (Lipinski definition) is 7. The fraction of sp³-hybridized carbons (Fsp3) is 0.150. The molecule has 0 saturated heterocycles. The number of amides is 2. The summed E-state index contributed by atoms with van der Waals surface area (Å²) in [5.41, 5.74) is 1.11. The van der Waals surface area contributed by atoms with E-state index in [0.717, 1.165) is 11.1 Å². The number of carbonyl (C=O) groups excluding carboxylic acids is 3. The molecule has 29 heavy (non-hydrogen) atoms. The van der Waals surface area contributed by atoms with Crippen LogP contribution in [0.5, 0.6) is 11.5 Å². The quantitative estimate of drug-likeness (QED) is 0.232. The van der Waals surface area contributed by atoms with Crippen LogP contribution >= 0.6 is 0 Å². The number of carbonyl (C=O) groups is 3. The molecule has 9 nitrogen and oxygen atoms in total. The Bertz CT molecular complexity index is 994. The number of fused-ring (bicyclic) bond motifs is 1. The Morgan fingerprint density at radius 3 is 2.34 bits per heavy atom. The van der Waals surface area contributed by atoms with E-state index in [1.54, 1.807) is 24.3 Å². The molecular formula is C20H16N2O7. The van der Waals surface area contributed by atoms with Crippen molar-refractivity contribution in [2.45, 2.75) is 6.42 Å². The summed E-state index contributed by atoms with van der Waals surface area (Å²) in [5.74, 6) is -1.22. The van der Waals surface area contributed by atoms with Crippen LogP contribution < -0.4 is 9.47 Å². The average molecular weight is 396 g/mol. The molecule has 0 radical (unpaired) electrons. The molecule has 2 aromatic carbocycles. The number of rotatable bonds is 7. The minimum absolute atomic E-state index is 0.114. The molecule has 0 fully saturated rings. The van der Waals surface area contributed by atoms with Gasteiger partial charge in [0.05, 0.1) is 29.6 Å². The first kappa shape index (κ1) is 19.7. The van der Waals surface area contributed by atoms with Crippen LogP contribution in [-0.2, 0) is 4.79 Å². The Kier molecular flexibility index (Phi) is 5.68. The molecule has 0 spiro atoms. The van der Waals surface area contributed by atoms with Gasteiger partial charge < -0.3 is 9.47 Å². The topological polar surface area (TPSA) is 116 Å². The zero-order chi connectivity index (χ0) is 21.0. The van der Waals surface area contributed by atoms with E-state index in [0.29, 0.717) is 16.7 Å². The van der Waals surface area contributed by atoms with Crippen LogP contribution in [0.4, 0.5) is 0 Å². The molecule has 0 aromatic heterocycles. The van der Waals surface area contributed by atoms with Gasteiger partial charge in [0.15, 0.2) is 11.5 Å². The van der Waals surface area contributed by atoms with Gasteiger partial charge in [0.2, 0.25) is 6.20 Å². The van der Waals surface area contributed by atoms with Crippen LogP contribution in [0.25, 0.3) is 6.08 Å². The lowest BCUT2D eigenvalue weighted by atomic mass is 10.1. The van der Waals surface area contributed by atoms with Gasteiger partial charge in [0, 0.05) is 12.6 Å². The molecule has 0 atom stereocenters. The van der Waals surface area contributed by atoms with Gasteiger partial charge in [-0.05, 0) is 29.8 Å². The highest BCUT2D eigenvalue weighted by molar-refractivity contribution is 6.21. The van der Waals surface area contributed by atoms with Crippen molar-refractivity contribution in [1.82, 2.24) is 4.90 Å². The summed E-state index contributed by atoms with van der Waals surface area (Å²) < 4.78 is 10.4. The molecule has 0 bridgehead atoms. The van der Waals surface area contributed by atoms with E-state index in [2.05, 4.69) is 0 Å². The highest BCUT2D eigenvalue weighted by Gasteiger charge is 2.35. The second-order valence-electron chi connectivity index (χ2n) is 6.04. The molecule has 148 valence electrons. The van der Waals surface area contributed by atoms with Crippen LogP contribution in [0.15, 0.2) is 48.7 Å². The summed E-state index contributed by atoms with van der Waals surface area (Å²) in [5, 5.41) is 10.4. The molecule has 1 heterocycles. The molecule has 1 aliphatic rings. The standard InChI is InChI=1S/C20H16N2O7/c1-28-17-12-13(8-11-22(26)27)6-7-16(17)29-18(23)9-10-21-19(24)14-4-2-3-5-15(14)20(21)25/h2-8,11-12H,9-10H2,1H3. The summed E-state index contributed by atoms with van der Waals surface area (Å²) in [7, 11) is 1.37. The first-order valence-corrected chi connectivity index (χ1v) is 8.56. The number of esters is 1. The Hall–Kier alpha value is -4.01. The van der Waals surface area contributed by atoms with Gasteiger partial charge >= 0.3 is 5.97 Å².